The van der Waals surface area contributed by atoms with E-state index in [0.717, 1.165) is 24.3 Å². The number of para-hydroxylation sites is 2. The summed E-state index contributed by atoms with van der Waals surface area (Å²) in [5, 5.41) is 3.20. The largest absolute Gasteiger partial charge is 0.495 e. The van der Waals surface area contributed by atoms with Gasteiger partial charge in [0.15, 0.2) is 0 Å². The first-order chi connectivity index (χ1) is 7.72. The summed E-state index contributed by atoms with van der Waals surface area (Å²) in [5.74, 6) is 0.524. The van der Waals surface area contributed by atoms with Crippen LogP contribution in [0.2, 0.25) is 0 Å². The highest BCUT2D eigenvalue weighted by Gasteiger charge is 2.51. The lowest BCUT2D eigenvalue weighted by Gasteiger charge is -2.18. The SMILES string of the molecule is COC(=O)C1(Nc2ccccc2OC)CC1. The lowest BCUT2D eigenvalue weighted by molar-refractivity contribution is -0.142. The molecule has 1 N–H and O–H groups in total. The molecule has 0 bridgehead atoms. The Kier molecular flexibility index (Phi) is 2.73. The molecule has 0 heterocycles. The zero-order valence-corrected chi connectivity index (χ0v) is 9.45. The Morgan fingerprint density at radius 1 is 1.31 bits per heavy atom. The molecule has 4 nitrogen and oxygen atoms in total. The van der Waals surface area contributed by atoms with Crippen LogP contribution in [0.5, 0.6) is 5.75 Å². The van der Waals surface area contributed by atoms with E-state index >= 15 is 0 Å². The maximum atomic E-state index is 11.6. The molecule has 1 aromatic carbocycles. The fourth-order valence-corrected chi connectivity index (χ4v) is 1.71. The second kappa shape index (κ2) is 4.04. The number of hydrogen-bond acceptors (Lipinski definition) is 4. The molecule has 1 saturated carbocycles. The third-order valence-electron chi connectivity index (χ3n) is 2.81. The zero-order chi connectivity index (χ0) is 11.6. The average Bonchev–Trinajstić information content (AvgIpc) is 3.10. The maximum absolute atomic E-state index is 11.6. The van der Waals surface area contributed by atoms with Gasteiger partial charge in [-0.3, -0.25) is 0 Å². The highest BCUT2D eigenvalue weighted by molar-refractivity contribution is 5.88. The summed E-state index contributed by atoms with van der Waals surface area (Å²) in [7, 11) is 3.02. The lowest BCUT2D eigenvalue weighted by atomic mass is 10.2. The molecule has 0 aliphatic heterocycles. The number of carbonyl (C=O) groups is 1. The van der Waals surface area contributed by atoms with Gasteiger partial charge in [0.1, 0.15) is 11.3 Å². The molecule has 1 aliphatic rings. The van der Waals surface area contributed by atoms with E-state index in [0.29, 0.717) is 0 Å². The van der Waals surface area contributed by atoms with Crippen LogP contribution >= 0.6 is 0 Å². The molecule has 0 atom stereocenters. The first kappa shape index (κ1) is 10.8. The zero-order valence-electron chi connectivity index (χ0n) is 9.45. The predicted octanol–water partition coefficient (Wildman–Crippen LogP) is 1.81. The Balaban J connectivity index is 2.18. The van der Waals surface area contributed by atoms with Crippen LogP contribution in [0.25, 0.3) is 0 Å². The maximum Gasteiger partial charge on any atom is 0.331 e. The number of methoxy groups -OCH3 is 2. The molecule has 86 valence electrons. The van der Waals surface area contributed by atoms with Crippen molar-refractivity contribution >= 4 is 11.7 Å². The van der Waals surface area contributed by atoms with E-state index in [1.54, 1.807) is 7.11 Å². The third-order valence-corrected chi connectivity index (χ3v) is 2.81. The van der Waals surface area contributed by atoms with E-state index in [1.165, 1.54) is 7.11 Å². The van der Waals surface area contributed by atoms with Crippen molar-refractivity contribution in [1.29, 1.82) is 0 Å². The minimum atomic E-state index is -0.538. The van der Waals surface area contributed by atoms with Crippen molar-refractivity contribution in [2.45, 2.75) is 18.4 Å². The molecule has 0 spiro atoms. The van der Waals surface area contributed by atoms with Gasteiger partial charge in [0, 0.05) is 0 Å². The second-order valence-corrected chi connectivity index (χ2v) is 3.90. The number of anilines is 1. The van der Waals surface area contributed by atoms with Crippen LogP contribution in [0.4, 0.5) is 5.69 Å². The van der Waals surface area contributed by atoms with E-state index < -0.39 is 5.54 Å². The molecule has 1 fully saturated rings. The molecule has 0 amide bonds. The van der Waals surface area contributed by atoms with E-state index in [4.69, 9.17) is 9.47 Å². The van der Waals surface area contributed by atoms with Crippen LogP contribution in [0.3, 0.4) is 0 Å². The third kappa shape index (κ3) is 1.83. The second-order valence-electron chi connectivity index (χ2n) is 3.90. The number of hydrogen-bond donors (Lipinski definition) is 1. The standard InChI is InChI=1S/C12H15NO3/c1-15-10-6-4-3-5-9(10)13-12(7-8-12)11(14)16-2/h3-6,13H,7-8H2,1-2H3. The van der Waals surface area contributed by atoms with Gasteiger partial charge in [-0.25, -0.2) is 4.79 Å². The predicted molar refractivity (Wildman–Crippen MR) is 60.6 cm³/mol. The first-order valence-corrected chi connectivity index (χ1v) is 5.21. The van der Waals surface area contributed by atoms with Gasteiger partial charge < -0.3 is 14.8 Å². The molecule has 16 heavy (non-hydrogen) atoms. The molecule has 1 aromatic rings. The van der Waals surface area contributed by atoms with Crippen molar-refractivity contribution in [3.05, 3.63) is 24.3 Å². The normalized spacial score (nSPS) is 16.4. The van der Waals surface area contributed by atoms with Gasteiger partial charge >= 0.3 is 5.97 Å². The summed E-state index contributed by atoms with van der Waals surface area (Å²) in [6.07, 6.45) is 1.61. The molecule has 0 saturated heterocycles. The van der Waals surface area contributed by atoms with Gasteiger partial charge in [-0.15, -0.1) is 0 Å². The summed E-state index contributed by atoms with van der Waals surface area (Å²) in [5.41, 5.74) is 0.288. The van der Waals surface area contributed by atoms with Crippen molar-refractivity contribution < 1.29 is 14.3 Å². The Labute approximate surface area is 94.6 Å². The average molecular weight is 221 g/mol. The smallest absolute Gasteiger partial charge is 0.331 e. The van der Waals surface area contributed by atoms with Gasteiger partial charge in [-0.05, 0) is 25.0 Å². The number of esters is 1. The van der Waals surface area contributed by atoms with Crippen molar-refractivity contribution in [2.75, 3.05) is 19.5 Å². The van der Waals surface area contributed by atoms with Crippen LogP contribution in [0.1, 0.15) is 12.8 Å². The Hall–Kier alpha value is -1.71. The van der Waals surface area contributed by atoms with E-state index in [1.807, 2.05) is 24.3 Å². The Bertz CT molecular complexity index is 399. The lowest BCUT2D eigenvalue weighted by Crippen LogP contribution is -2.32. The fourth-order valence-electron chi connectivity index (χ4n) is 1.71. The van der Waals surface area contributed by atoms with E-state index in [2.05, 4.69) is 5.32 Å². The highest BCUT2D eigenvalue weighted by atomic mass is 16.5. The Morgan fingerprint density at radius 3 is 2.56 bits per heavy atom. The Morgan fingerprint density at radius 2 is 2.00 bits per heavy atom. The van der Waals surface area contributed by atoms with Crippen LogP contribution < -0.4 is 10.1 Å². The molecule has 4 heteroatoms. The first-order valence-electron chi connectivity index (χ1n) is 5.21. The number of carbonyl (C=O) groups excluding carboxylic acids is 1. The fraction of sp³-hybridized carbons (Fsp3) is 0.417. The van der Waals surface area contributed by atoms with Gasteiger partial charge in [0.2, 0.25) is 0 Å². The summed E-state index contributed by atoms with van der Waals surface area (Å²) in [4.78, 5) is 11.6. The summed E-state index contributed by atoms with van der Waals surface area (Å²) >= 11 is 0. The quantitative estimate of drug-likeness (QED) is 0.788. The van der Waals surface area contributed by atoms with Gasteiger partial charge in [0.25, 0.3) is 0 Å². The van der Waals surface area contributed by atoms with Gasteiger partial charge in [0.05, 0.1) is 19.9 Å². The van der Waals surface area contributed by atoms with Crippen molar-refractivity contribution in [3.8, 4) is 5.75 Å². The molecular weight excluding hydrogens is 206 g/mol. The summed E-state index contributed by atoms with van der Waals surface area (Å²) < 4.78 is 10.00. The van der Waals surface area contributed by atoms with Crippen LogP contribution in [-0.2, 0) is 9.53 Å². The number of nitrogens with one attached hydrogen (secondary N) is 1. The minimum absolute atomic E-state index is 0.210. The molecule has 0 unspecified atom stereocenters. The number of rotatable bonds is 4. The minimum Gasteiger partial charge on any atom is -0.495 e. The van der Waals surface area contributed by atoms with Crippen LogP contribution in [-0.4, -0.2) is 25.7 Å². The van der Waals surface area contributed by atoms with Gasteiger partial charge in [-0.1, -0.05) is 12.1 Å². The summed E-state index contributed by atoms with van der Waals surface area (Å²) in [6, 6.07) is 7.54. The monoisotopic (exact) mass is 221 g/mol. The molecule has 0 aromatic heterocycles. The highest BCUT2D eigenvalue weighted by Crippen LogP contribution is 2.41. The van der Waals surface area contributed by atoms with Crippen molar-refractivity contribution in [1.82, 2.24) is 0 Å². The molecule has 2 rings (SSSR count). The van der Waals surface area contributed by atoms with Crippen molar-refractivity contribution in [2.24, 2.45) is 0 Å². The van der Waals surface area contributed by atoms with Crippen LogP contribution in [0, 0.1) is 0 Å². The molecule has 0 radical (unpaired) electrons. The summed E-state index contributed by atoms with van der Waals surface area (Å²) in [6.45, 7) is 0. The van der Waals surface area contributed by atoms with E-state index in [-0.39, 0.29) is 5.97 Å². The number of ether oxygens (including phenoxy) is 2. The van der Waals surface area contributed by atoms with Gasteiger partial charge in [-0.2, -0.15) is 0 Å². The van der Waals surface area contributed by atoms with Crippen molar-refractivity contribution in [3.63, 3.8) is 0 Å². The topological polar surface area (TPSA) is 47.6 Å². The molecule has 1 aliphatic carbocycles. The number of benzene rings is 1. The van der Waals surface area contributed by atoms with E-state index in [9.17, 15) is 4.79 Å². The van der Waals surface area contributed by atoms with Crippen LogP contribution in [0.15, 0.2) is 24.3 Å². The molecular formula is C12H15NO3.